The minimum Gasteiger partial charge on any atom is -0.490 e. The normalized spacial score (nSPS) is 14.1. The Morgan fingerprint density at radius 3 is 2.74 bits per heavy atom. The molecule has 1 N–H and O–H groups in total. The van der Waals surface area contributed by atoms with E-state index in [0.717, 1.165) is 18.2 Å². The van der Waals surface area contributed by atoms with Crippen molar-refractivity contribution in [2.75, 3.05) is 29.8 Å². The highest BCUT2D eigenvalue weighted by molar-refractivity contribution is 7.92. The molecule has 0 aromatic heterocycles. The quantitative estimate of drug-likeness (QED) is 0.933. The van der Waals surface area contributed by atoms with Gasteiger partial charge in [0.05, 0.1) is 22.8 Å². The van der Waals surface area contributed by atoms with Gasteiger partial charge in [0.25, 0.3) is 10.0 Å². The standard InChI is InChI=1S/C15H14F2N2O3S/c1-19-6-7-22-15-5-3-11(9-14(15)19)23(20,21)18-13-8-10(16)2-4-12(13)17/h2-5,8-9,18H,6-7H2,1H3. The zero-order valence-electron chi connectivity index (χ0n) is 12.2. The molecule has 0 unspecified atom stereocenters. The summed E-state index contributed by atoms with van der Waals surface area (Å²) in [6.45, 7) is 1.14. The molecule has 0 bridgehead atoms. The average Bonchev–Trinajstić information content (AvgIpc) is 2.51. The van der Waals surface area contributed by atoms with Crippen LogP contribution in [0.2, 0.25) is 0 Å². The number of halogens is 2. The molecule has 122 valence electrons. The number of nitrogens with one attached hydrogen (secondary N) is 1. The van der Waals surface area contributed by atoms with Crippen molar-refractivity contribution in [1.29, 1.82) is 0 Å². The lowest BCUT2D eigenvalue weighted by Crippen LogP contribution is -2.29. The Kier molecular flexibility index (Phi) is 3.85. The smallest absolute Gasteiger partial charge is 0.262 e. The van der Waals surface area contributed by atoms with Crippen LogP contribution in [-0.2, 0) is 10.0 Å². The first kappa shape index (κ1) is 15.5. The molecule has 0 saturated carbocycles. The number of fused-ring (bicyclic) bond motifs is 1. The van der Waals surface area contributed by atoms with Crippen LogP contribution >= 0.6 is 0 Å². The summed E-state index contributed by atoms with van der Waals surface area (Å²) in [7, 11) is -2.23. The summed E-state index contributed by atoms with van der Waals surface area (Å²) in [6.07, 6.45) is 0. The van der Waals surface area contributed by atoms with E-state index in [-0.39, 0.29) is 4.90 Å². The van der Waals surface area contributed by atoms with Gasteiger partial charge in [0, 0.05) is 13.1 Å². The minimum absolute atomic E-state index is 0.0581. The van der Waals surface area contributed by atoms with Crippen LogP contribution in [0.4, 0.5) is 20.2 Å². The highest BCUT2D eigenvalue weighted by Crippen LogP contribution is 2.33. The van der Waals surface area contributed by atoms with Crippen LogP contribution in [0.5, 0.6) is 5.75 Å². The van der Waals surface area contributed by atoms with E-state index >= 15 is 0 Å². The maximum atomic E-state index is 13.6. The van der Waals surface area contributed by atoms with Crippen LogP contribution in [0.3, 0.4) is 0 Å². The van der Waals surface area contributed by atoms with E-state index in [1.165, 1.54) is 12.1 Å². The Morgan fingerprint density at radius 2 is 1.96 bits per heavy atom. The lowest BCUT2D eigenvalue weighted by Gasteiger charge is -2.28. The number of ether oxygens (including phenoxy) is 1. The highest BCUT2D eigenvalue weighted by Gasteiger charge is 2.22. The number of hydrogen-bond acceptors (Lipinski definition) is 4. The van der Waals surface area contributed by atoms with E-state index < -0.39 is 27.3 Å². The van der Waals surface area contributed by atoms with Gasteiger partial charge in [0.15, 0.2) is 0 Å². The second-order valence-electron chi connectivity index (χ2n) is 5.13. The topological polar surface area (TPSA) is 58.6 Å². The summed E-state index contributed by atoms with van der Waals surface area (Å²) in [4.78, 5) is 1.80. The van der Waals surface area contributed by atoms with Gasteiger partial charge < -0.3 is 9.64 Å². The van der Waals surface area contributed by atoms with Gasteiger partial charge in [-0.05, 0) is 30.3 Å². The van der Waals surface area contributed by atoms with Crippen molar-refractivity contribution in [3.05, 3.63) is 48.0 Å². The first-order chi connectivity index (χ1) is 10.9. The molecular weight excluding hydrogens is 326 g/mol. The molecule has 2 aromatic carbocycles. The van der Waals surface area contributed by atoms with Crippen LogP contribution in [0, 0.1) is 11.6 Å². The largest absolute Gasteiger partial charge is 0.490 e. The fraction of sp³-hybridized carbons (Fsp3) is 0.200. The summed E-state index contributed by atoms with van der Waals surface area (Å²) >= 11 is 0. The fourth-order valence-corrected chi connectivity index (χ4v) is 3.35. The third kappa shape index (κ3) is 3.07. The first-order valence-corrected chi connectivity index (χ1v) is 8.31. The molecule has 0 saturated heterocycles. The van der Waals surface area contributed by atoms with Crippen molar-refractivity contribution in [2.24, 2.45) is 0 Å². The number of anilines is 2. The molecule has 0 aliphatic carbocycles. The van der Waals surface area contributed by atoms with Crippen LogP contribution in [0.15, 0.2) is 41.3 Å². The van der Waals surface area contributed by atoms with Crippen LogP contribution in [0.25, 0.3) is 0 Å². The molecular formula is C15H14F2N2O3S. The third-order valence-corrected chi connectivity index (χ3v) is 4.87. The Morgan fingerprint density at radius 1 is 1.17 bits per heavy atom. The molecule has 0 amide bonds. The average molecular weight is 340 g/mol. The Bertz CT molecular complexity index is 856. The predicted molar refractivity (Wildman–Crippen MR) is 82.4 cm³/mol. The fourth-order valence-electron chi connectivity index (χ4n) is 2.28. The summed E-state index contributed by atoms with van der Waals surface area (Å²) in [6, 6.07) is 6.91. The molecule has 2 aromatic rings. The first-order valence-electron chi connectivity index (χ1n) is 6.83. The lowest BCUT2D eigenvalue weighted by atomic mass is 10.2. The molecule has 23 heavy (non-hydrogen) atoms. The predicted octanol–water partition coefficient (Wildman–Crippen LogP) is 2.59. The van der Waals surface area contributed by atoms with Gasteiger partial charge in [-0.2, -0.15) is 0 Å². The van der Waals surface area contributed by atoms with E-state index in [1.54, 1.807) is 6.07 Å². The van der Waals surface area contributed by atoms with E-state index in [1.807, 2.05) is 11.9 Å². The summed E-state index contributed by atoms with van der Waals surface area (Å²) in [5.41, 5.74) is 0.186. The molecule has 1 aliphatic heterocycles. The number of hydrogen-bond donors (Lipinski definition) is 1. The van der Waals surface area contributed by atoms with Gasteiger partial charge in [0.1, 0.15) is 24.0 Å². The van der Waals surface area contributed by atoms with Gasteiger partial charge in [-0.3, -0.25) is 4.72 Å². The van der Waals surface area contributed by atoms with E-state index in [2.05, 4.69) is 4.72 Å². The summed E-state index contributed by atoms with van der Waals surface area (Å²) in [5, 5.41) is 0. The number of nitrogens with zero attached hydrogens (tertiary/aromatic N) is 1. The molecule has 1 heterocycles. The number of likely N-dealkylation sites (N-methyl/N-ethyl adjacent to an activating group) is 1. The summed E-state index contributed by atoms with van der Waals surface area (Å²) < 4.78 is 59.1. The number of rotatable bonds is 3. The van der Waals surface area contributed by atoms with E-state index in [4.69, 9.17) is 4.74 Å². The molecule has 1 aliphatic rings. The third-order valence-electron chi connectivity index (χ3n) is 3.51. The minimum atomic E-state index is -4.05. The van der Waals surface area contributed by atoms with Crippen molar-refractivity contribution >= 4 is 21.4 Å². The maximum Gasteiger partial charge on any atom is 0.262 e. The van der Waals surface area contributed by atoms with Crippen LogP contribution in [-0.4, -0.2) is 28.6 Å². The molecule has 3 rings (SSSR count). The Labute approximate surface area is 132 Å². The second kappa shape index (κ2) is 5.69. The molecule has 5 nitrogen and oxygen atoms in total. The van der Waals surface area contributed by atoms with Crippen molar-refractivity contribution in [3.63, 3.8) is 0 Å². The monoisotopic (exact) mass is 340 g/mol. The van der Waals surface area contributed by atoms with E-state index in [9.17, 15) is 17.2 Å². The van der Waals surface area contributed by atoms with Crippen molar-refractivity contribution in [3.8, 4) is 5.75 Å². The van der Waals surface area contributed by atoms with Crippen molar-refractivity contribution in [1.82, 2.24) is 0 Å². The summed E-state index contributed by atoms with van der Waals surface area (Å²) in [5.74, 6) is -1.01. The van der Waals surface area contributed by atoms with Gasteiger partial charge in [-0.15, -0.1) is 0 Å². The van der Waals surface area contributed by atoms with E-state index in [0.29, 0.717) is 24.6 Å². The number of benzene rings is 2. The lowest BCUT2D eigenvalue weighted by molar-refractivity contribution is 0.311. The second-order valence-corrected chi connectivity index (χ2v) is 6.81. The van der Waals surface area contributed by atoms with Gasteiger partial charge in [-0.1, -0.05) is 0 Å². The Hall–Kier alpha value is -2.35. The van der Waals surface area contributed by atoms with Gasteiger partial charge in [0.2, 0.25) is 0 Å². The highest BCUT2D eigenvalue weighted by atomic mass is 32.2. The molecule has 0 fully saturated rings. The van der Waals surface area contributed by atoms with Crippen molar-refractivity contribution in [2.45, 2.75) is 4.90 Å². The number of sulfonamides is 1. The molecule has 8 heteroatoms. The zero-order valence-corrected chi connectivity index (χ0v) is 13.0. The molecule has 0 radical (unpaired) electrons. The zero-order chi connectivity index (χ0) is 16.6. The van der Waals surface area contributed by atoms with Gasteiger partial charge in [-0.25, -0.2) is 17.2 Å². The SMILES string of the molecule is CN1CCOc2ccc(S(=O)(=O)Nc3cc(F)ccc3F)cc21. The Balaban J connectivity index is 1.97. The van der Waals surface area contributed by atoms with Crippen LogP contribution < -0.4 is 14.4 Å². The molecule has 0 spiro atoms. The van der Waals surface area contributed by atoms with Crippen molar-refractivity contribution < 1.29 is 21.9 Å². The maximum absolute atomic E-state index is 13.6. The van der Waals surface area contributed by atoms with Crippen LogP contribution in [0.1, 0.15) is 0 Å². The molecule has 0 atom stereocenters. The van der Waals surface area contributed by atoms with Gasteiger partial charge >= 0.3 is 0 Å².